The van der Waals surface area contributed by atoms with Crippen molar-refractivity contribution in [2.75, 3.05) is 13.1 Å². The maximum atomic E-state index is 11.6. The minimum absolute atomic E-state index is 0.156. The van der Waals surface area contributed by atoms with Crippen LogP contribution in [-0.4, -0.2) is 29.1 Å². The summed E-state index contributed by atoms with van der Waals surface area (Å²) in [6.07, 6.45) is 4.97. The molecule has 2 aromatic heterocycles. The molecular weight excluding hydrogens is 252 g/mol. The standard InChI is InChI=1S/C15H18N4O/c20-15(18-11-7-13-5-1-3-9-16-13)19-12-8-14-6-2-4-10-17-14/h1-6,9-10H,7-8,11-12H2,(H2,18,19,20). The summed E-state index contributed by atoms with van der Waals surface area (Å²) >= 11 is 0. The summed E-state index contributed by atoms with van der Waals surface area (Å²) < 4.78 is 0. The second-order valence-corrected chi connectivity index (χ2v) is 4.32. The van der Waals surface area contributed by atoms with E-state index < -0.39 is 0 Å². The number of carbonyl (C=O) groups is 1. The van der Waals surface area contributed by atoms with Gasteiger partial charge in [-0.1, -0.05) is 12.1 Å². The second-order valence-electron chi connectivity index (χ2n) is 4.32. The third-order valence-electron chi connectivity index (χ3n) is 2.79. The molecule has 20 heavy (non-hydrogen) atoms. The van der Waals surface area contributed by atoms with Crippen LogP contribution < -0.4 is 10.6 Å². The van der Waals surface area contributed by atoms with Crippen LogP contribution in [0.5, 0.6) is 0 Å². The van der Waals surface area contributed by atoms with Crippen molar-refractivity contribution in [1.82, 2.24) is 20.6 Å². The van der Waals surface area contributed by atoms with Crippen molar-refractivity contribution in [2.24, 2.45) is 0 Å². The van der Waals surface area contributed by atoms with Gasteiger partial charge in [0.2, 0.25) is 0 Å². The lowest BCUT2D eigenvalue weighted by Gasteiger charge is -2.07. The molecule has 2 rings (SSSR count). The molecule has 2 N–H and O–H groups in total. The number of nitrogens with one attached hydrogen (secondary N) is 2. The van der Waals surface area contributed by atoms with Gasteiger partial charge in [0.15, 0.2) is 0 Å². The van der Waals surface area contributed by atoms with Crippen LogP contribution in [0.15, 0.2) is 48.8 Å². The zero-order valence-electron chi connectivity index (χ0n) is 11.2. The van der Waals surface area contributed by atoms with Crippen molar-refractivity contribution in [3.63, 3.8) is 0 Å². The Kier molecular flexibility index (Phi) is 5.52. The van der Waals surface area contributed by atoms with Gasteiger partial charge in [-0.05, 0) is 24.3 Å². The third kappa shape index (κ3) is 5.06. The van der Waals surface area contributed by atoms with Crippen molar-refractivity contribution in [1.29, 1.82) is 0 Å². The molecule has 5 heteroatoms. The van der Waals surface area contributed by atoms with Crippen LogP contribution in [0.4, 0.5) is 4.79 Å². The van der Waals surface area contributed by atoms with Crippen molar-refractivity contribution in [2.45, 2.75) is 12.8 Å². The Hall–Kier alpha value is -2.43. The summed E-state index contributed by atoms with van der Waals surface area (Å²) in [5.74, 6) is 0. The molecule has 0 bridgehead atoms. The van der Waals surface area contributed by atoms with Gasteiger partial charge in [-0.3, -0.25) is 9.97 Å². The second kappa shape index (κ2) is 7.89. The van der Waals surface area contributed by atoms with Crippen LogP contribution in [0.1, 0.15) is 11.4 Å². The van der Waals surface area contributed by atoms with Gasteiger partial charge >= 0.3 is 6.03 Å². The van der Waals surface area contributed by atoms with Gasteiger partial charge in [0, 0.05) is 49.7 Å². The van der Waals surface area contributed by atoms with Gasteiger partial charge in [0.1, 0.15) is 0 Å². The Labute approximate surface area is 118 Å². The van der Waals surface area contributed by atoms with E-state index in [1.54, 1.807) is 12.4 Å². The van der Waals surface area contributed by atoms with Crippen LogP contribution in [0.3, 0.4) is 0 Å². The van der Waals surface area contributed by atoms with E-state index in [0.29, 0.717) is 13.1 Å². The predicted octanol–water partition coefficient (Wildman–Crippen LogP) is 1.56. The fourth-order valence-corrected chi connectivity index (χ4v) is 1.76. The molecule has 0 saturated carbocycles. The lowest BCUT2D eigenvalue weighted by Crippen LogP contribution is -2.37. The van der Waals surface area contributed by atoms with Crippen LogP contribution in [0, 0.1) is 0 Å². The molecule has 0 aromatic carbocycles. The summed E-state index contributed by atoms with van der Waals surface area (Å²) in [6, 6.07) is 11.4. The highest BCUT2D eigenvalue weighted by Crippen LogP contribution is 1.94. The molecule has 0 aliphatic rings. The number of rotatable bonds is 6. The molecule has 0 fully saturated rings. The van der Waals surface area contributed by atoms with Gasteiger partial charge in [0.05, 0.1) is 0 Å². The molecule has 0 unspecified atom stereocenters. The number of aromatic nitrogens is 2. The van der Waals surface area contributed by atoms with Crippen molar-refractivity contribution >= 4 is 6.03 Å². The molecule has 2 aromatic rings. The quantitative estimate of drug-likeness (QED) is 0.837. The summed E-state index contributed by atoms with van der Waals surface area (Å²) in [7, 11) is 0. The van der Waals surface area contributed by atoms with E-state index in [4.69, 9.17) is 0 Å². The molecule has 0 radical (unpaired) electrons. The van der Waals surface area contributed by atoms with Gasteiger partial charge in [-0.25, -0.2) is 4.79 Å². The van der Waals surface area contributed by atoms with E-state index in [0.717, 1.165) is 24.2 Å². The maximum Gasteiger partial charge on any atom is 0.314 e. The summed E-state index contributed by atoms with van der Waals surface area (Å²) in [6.45, 7) is 1.15. The largest absolute Gasteiger partial charge is 0.338 e. The molecule has 0 aliphatic heterocycles. The van der Waals surface area contributed by atoms with Gasteiger partial charge in [-0.2, -0.15) is 0 Å². The number of pyridine rings is 2. The molecule has 0 spiro atoms. The highest BCUT2D eigenvalue weighted by atomic mass is 16.2. The van der Waals surface area contributed by atoms with Crippen LogP contribution in [-0.2, 0) is 12.8 Å². The number of urea groups is 1. The Balaban J connectivity index is 1.59. The van der Waals surface area contributed by atoms with E-state index >= 15 is 0 Å². The normalized spacial score (nSPS) is 10.0. The predicted molar refractivity (Wildman–Crippen MR) is 77.3 cm³/mol. The van der Waals surface area contributed by atoms with E-state index in [-0.39, 0.29) is 6.03 Å². The zero-order chi connectivity index (χ0) is 14.0. The number of amides is 2. The van der Waals surface area contributed by atoms with Crippen molar-refractivity contribution in [3.05, 3.63) is 60.2 Å². The fraction of sp³-hybridized carbons (Fsp3) is 0.267. The van der Waals surface area contributed by atoms with Crippen LogP contribution in [0.25, 0.3) is 0 Å². The zero-order valence-corrected chi connectivity index (χ0v) is 11.2. The Bertz CT molecular complexity index is 468. The molecule has 5 nitrogen and oxygen atoms in total. The molecule has 0 aliphatic carbocycles. The van der Waals surface area contributed by atoms with E-state index in [9.17, 15) is 4.79 Å². The highest BCUT2D eigenvalue weighted by Gasteiger charge is 2.00. The maximum absolute atomic E-state index is 11.6. The third-order valence-corrected chi connectivity index (χ3v) is 2.79. The number of hydrogen-bond acceptors (Lipinski definition) is 3. The Morgan fingerprint density at radius 3 is 1.75 bits per heavy atom. The first-order valence-corrected chi connectivity index (χ1v) is 6.66. The minimum Gasteiger partial charge on any atom is -0.338 e. The topological polar surface area (TPSA) is 66.9 Å². The number of hydrogen-bond donors (Lipinski definition) is 2. The first-order chi connectivity index (χ1) is 9.84. The summed E-state index contributed by atoms with van der Waals surface area (Å²) in [5.41, 5.74) is 1.95. The monoisotopic (exact) mass is 270 g/mol. The van der Waals surface area contributed by atoms with Gasteiger partial charge in [-0.15, -0.1) is 0 Å². The van der Waals surface area contributed by atoms with Crippen LogP contribution >= 0.6 is 0 Å². The Morgan fingerprint density at radius 2 is 1.35 bits per heavy atom. The number of carbonyl (C=O) groups excluding carboxylic acids is 1. The Morgan fingerprint density at radius 1 is 0.850 bits per heavy atom. The minimum atomic E-state index is -0.156. The number of nitrogens with zero attached hydrogens (tertiary/aromatic N) is 2. The lowest BCUT2D eigenvalue weighted by atomic mass is 10.2. The first kappa shape index (κ1) is 14.0. The van der Waals surface area contributed by atoms with Gasteiger partial charge < -0.3 is 10.6 Å². The molecule has 2 heterocycles. The summed E-state index contributed by atoms with van der Waals surface area (Å²) in [5, 5.41) is 5.61. The molecule has 2 amide bonds. The molecule has 0 atom stereocenters. The van der Waals surface area contributed by atoms with Crippen molar-refractivity contribution in [3.8, 4) is 0 Å². The lowest BCUT2D eigenvalue weighted by molar-refractivity contribution is 0.241. The highest BCUT2D eigenvalue weighted by molar-refractivity contribution is 5.73. The molecule has 0 saturated heterocycles. The van der Waals surface area contributed by atoms with Crippen LogP contribution in [0.2, 0.25) is 0 Å². The first-order valence-electron chi connectivity index (χ1n) is 6.66. The SMILES string of the molecule is O=C(NCCc1ccccn1)NCCc1ccccn1. The molecular formula is C15H18N4O. The van der Waals surface area contributed by atoms with E-state index in [1.165, 1.54) is 0 Å². The average molecular weight is 270 g/mol. The molecule has 104 valence electrons. The van der Waals surface area contributed by atoms with Crippen molar-refractivity contribution < 1.29 is 4.79 Å². The summed E-state index contributed by atoms with van der Waals surface area (Å²) in [4.78, 5) is 20.0. The van der Waals surface area contributed by atoms with E-state index in [2.05, 4.69) is 20.6 Å². The smallest absolute Gasteiger partial charge is 0.314 e. The van der Waals surface area contributed by atoms with Gasteiger partial charge in [0.25, 0.3) is 0 Å². The van der Waals surface area contributed by atoms with E-state index in [1.807, 2.05) is 36.4 Å². The average Bonchev–Trinajstić information content (AvgIpc) is 2.49. The fourth-order valence-electron chi connectivity index (χ4n) is 1.76.